The van der Waals surface area contributed by atoms with E-state index in [2.05, 4.69) is 5.32 Å². The number of aryl methyl sites for hydroxylation is 1. The summed E-state index contributed by atoms with van der Waals surface area (Å²) in [5, 5.41) is 5.48. The van der Waals surface area contributed by atoms with Gasteiger partial charge in [-0.2, -0.15) is 0 Å². The molecule has 0 fully saturated rings. The van der Waals surface area contributed by atoms with Crippen molar-refractivity contribution in [1.82, 2.24) is 0 Å². The Morgan fingerprint density at radius 2 is 1.92 bits per heavy atom. The normalized spacial score (nSPS) is 12.8. The predicted molar refractivity (Wildman–Crippen MR) is 104 cm³/mol. The van der Waals surface area contributed by atoms with Gasteiger partial charge in [-0.15, -0.1) is 11.3 Å². The van der Waals surface area contributed by atoms with Crippen LogP contribution in [-0.2, 0) is 17.6 Å². The van der Waals surface area contributed by atoms with Crippen LogP contribution in [0.4, 0.5) is 5.00 Å². The average molecular weight is 365 g/mol. The summed E-state index contributed by atoms with van der Waals surface area (Å²) in [6.45, 7) is 2.11. The average Bonchev–Trinajstić information content (AvgIpc) is 3.22. The minimum absolute atomic E-state index is 0.202. The molecule has 1 aromatic heterocycles. The van der Waals surface area contributed by atoms with Crippen molar-refractivity contribution >= 4 is 39.0 Å². The SMILES string of the molecule is CCOC(=O)c1c(NC(=O)c2cccc3ccccc23)sc2c1CCC2. The van der Waals surface area contributed by atoms with Crippen molar-refractivity contribution in [3.8, 4) is 0 Å². The van der Waals surface area contributed by atoms with Crippen LogP contribution in [0.15, 0.2) is 42.5 Å². The Kier molecular flexibility index (Phi) is 4.47. The molecule has 0 radical (unpaired) electrons. The summed E-state index contributed by atoms with van der Waals surface area (Å²) in [5.41, 5.74) is 2.19. The van der Waals surface area contributed by atoms with Gasteiger partial charge in [0.25, 0.3) is 5.91 Å². The molecule has 0 saturated heterocycles. The molecule has 0 bridgehead atoms. The fourth-order valence-corrected chi connectivity index (χ4v) is 4.78. The number of fused-ring (bicyclic) bond motifs is 2. The third-order valence-electron chi connectivity index (χ3n) is 4.66. The van der Waals surface area contributed by atoms with Crippen LogP contribution >= 0.6 is 11.3 Å². The van der Waals surface area contributed by atoms with Gasteiger partial charge in [0.1, 0.15) is 5.00 Å². The number of carbonyl (C=O) groups is 2. The van der Waals surface area contributed by atoms with Gasteiger partial charge in [0, 0.05) is 10.4 Å². The zero-order chi connectivity index (χ0) is 18.1. The fraction of sp³-hybridized carbons (Fsp3) is 0.238. The topological polar surface area (TPSA) is 55.4 Å². The molecule has 1 amide bonds. The van der Waals surface area contributed by atoms with E-state index in [0.717, 1.165) is 35.6 Å². The first-order valence-electron chi connectivity index (χ1n) is 8.79. The minimum Gasteiger partial charge on any atom is -0.462 e. The van der Waals surface area contributed by atoms with Crippen LogP contribution in [0.2, 0.25) is 0 Å². The van der Waals surface area contributed by atoms with Crippen molar-refractivity contribution in [2.75, 3.05) is 11.9 Å². The van der Waals surface area contributed by atoms with Gasteiger partial charge < -0.3 is 10.1 Å². The highest BCUT2D eigenvalue weighted by atomic mass is 32.1. The zero-order valence-electron chi connectivity index (χ0n) is 14.5. The van der Waals surface area contributed by atoms with Crippen molar-refractivity contribution < 1.29 is 14.3 Å². The number of anilines is 1. The number of esters is 1. The van der Waals surface area contributed by atoms with Gasteiger partial charge >= 0.3 is 5.97 Å². The number of thiophene rings is 1. The maximum atomic E-state index is 12.9. The lowest BCUT2D eigenvalue weighted by molar-refractivity contribution is 0.0527. The number of carbonyl (C=O) groups excluding carboxylic acids is 2. The van der Waals surface area contributed by atoms with Crippen molar-refractivity contribution in [2.24, 2.45) is 0 Å². The summed E-state index contributed by atoms with van der Waals surface area (Å²) >= 11 is 1.50. The van der Waals surface area contributed by atoms with Crippen LogP contribution in [0.5, 0.6) is 0 Å². The molecule has 1 N–H and O–H groups in total. The predicted octanol–water partition coefficient (Wildman–Crippen LogP) is 4.82. The largest absolute Gasteiger partial charge is 0.462 e. The van der Waals surface area contributed by atoms with Crippen molar-refractivity contribution in [1.29, 1.82) is 0 Å². The summed E-state index contributed by atoms with van der Waals surface area (Å²) in [7, 11) is 0. The number of rotatable bonds is 4. The zero-order valence-corrected chi connectivity index (χ0v) is 15.3. The van der Waals surface area contributed by atoms with Gasteiger partial charge in [0.05, 0.1) is 12.2 Å². The van der Waals surface area contributed by atoms with Gasteiger partial charge in [0.2, 0.25) is 0 Å². The van der Waals surface area contributed by atoms with E-state index in [0.29, 0.717) is 22.7 Å². The second-order valence-corrected chi connectivity index (χ2v) is 7.37. The highest BCUT2D eigenvalue weighted by Crippen LogP contribution is 2.39. The molecule has 4 nitrogen and oxygen atoms in total. The lowest BCUT2D eigenvalue weighted by Crippen LogP contribution is -2.15. The number of nitrogens with one attached hydrogen (secondary N) is 1. The van der Waals surface area contributed by atoms with E-state index in [1.165, 1.54) is 16.2 Å². The van der Waals surface area contributed by atoms with Gasteiger partial charge in [0.15, 0.2) is 0 Å². The Morgan fingerprint density at radius 3 is 2.77 bits per heavy atom. The smallest absolute Gasteiger partial charge is 0.341 e. The van der Waals surface area contributed by atoms with E-state index in [9.17, 15) is 9.59 Å². The van der Waals surface area contributed by atoms with E-state index >= 15 is 0 Å². The van der Waals surface area contributed by atoms with Crippen LogP contribution in [0.3, 0.4) is 0 Å². The molecular weight excluding hydrogens is 346 g/mol. The maximum absolute atomic E-state index is 12.9. The third kappa shape index (κ3) is 2.88. The first kappa shape index (κ1) is 16.8. The Balaban J connectivity index is 1.71. The van der Waals surface area contributed by atoms with Crippen LogP contribution in [0.25, 0.3) is 10.8 Å². The summed E-state index contributed by atoms with van der Waals surface area (Å²) < 4.78 is 5.23. The Bertz CT molecular complexity index is 1000. The second-order valence-electron chi connectivity index (χ2n) is 6.26. The highest BCUT2D eigenvalue weighted by molar-refractivity contribution is 7.17. The lowest BCUT2D eigenvalue weighted by atomic mass is 10.0. The molecule has 1 heterocycles. The summed E-state index contributed by atoms with van der Waals surface area (Å²) in [4.78, 5) is 26.6. The summed E-state index contributed by atoms with van der Waals surface area (Å²) in [5.74, 6) is -0.549. The molecule has 0 spiro atoms. The molecule has 26 heavy (non-hydrogen) atoms. The number of hydrogen-bond acceptors (Lipinski definition) is 4. The fourth-order valence-electron chi connectivity index (χ4n) is 3.51. The molecule has 0 unspecified atom stereocenters. The van der Waals surface area contributed by atoms with Crippen LogP contribution in [-0.4, -0.2) is 18.5 Å². The van der Waals surface area contributed by atoms with E-state index in [1.54, 1.807) is 6.92 Å². The highest BCUT2D eigenvalue weighted by Gasteiger charge is 2.28. The standard InChI is InChI=1S/C21H19NO3S/c1-2-25-21(24)18-16-11-6-12-17(16)26-20(18)22-19(23)15-10-5-8-13-7-3-4-9-14(13)15/h3-5,7-10H,2,6,11-12H2,1H3,(H,22,23). The molecular formula is C21H19NO3S. The van der Waals surface area contributed by atoms with Gasteiger partial charge in [-0.05, 0) is 48.6 Å². The van der Waals surface area contributed by atoms with E-state index < -0.39 is 0 Å². The molecule has 5 heteroatoms. The number of ether oxygens (including phenoxy) is 1. The number of amides is 1. The van der Waals surface area contributed by atoms with Crippen LogP contribution in [0.1, 0.15) is 44.5 Å². The Labute approximate surface area is 155 Å². The number of hydrogen-bond donors (Lipinski definition) is 1. The molecule has 132 valence electrons. The van der Waals surface area contributed by atoms with Gasteiger partial charge in [-0.3, -0.25) is 4.79 Å². The molecule has 1 aliphatic carbocycles. The molecule has 3 aromatic rings. The summed E-state index contributed by atoms with van der Waals surface area (Å²) in [6.07, 6.45) is 2.87. The van der Waals surface area contributed by atoms with Gasteiger partial charge in [-0.25, -0.2) is 4.79 Å². The molecule has 2 aromatic carbocycles. The lowest BCUT2D eigenvalue weighted by Gasteiger charge is -2.09. The minimum atomic E-state index is -0.347. The molecule has 0 atom stereocenters. The first-order chi connectivity index (χ1) is 12.7. The van der Waals surface area contributed by atoms with E-state index in [-0.39, 0.29) is 11.9 Å². The monoisotopic (exact) mass is 365 g/mol. The maximum Gasteiger partial charge on any atom is 0.341 e. The third-order valence-corrected chi connectivity index (χ3v) is 5.87. The van der Waals surface area contributed by atoms with E-state index in [4.69, 9.17) is 4.74 Å². The molecule has 0 saturated carbocycles. The van der Waals surface area contributed by atoms with E-state index in [1.807, 2.05) is 42.5 Å². The first-order valence-corrected chi connectivity index (χ1v) is 9.61. The molecule has 0 aliphatic heterocycles. The Hall–Kier alpha value is -2.66. The summed E-state index contributed by atoms with van der Waals surface area (Å²) in [6, 6.07) is 13.5. The van der Waals surface area contributed by atoms with Crippen LogP contribution < -0.4 is 5.32 Å². The van der Waals surface area contributed by atoms with Crippen molar-refractivity contribution in [3.63, 3.8) is 0 Å². The number of benzene rings is 2. The molecule has 1 aliphatic rings. The van der Waals surface area contributed by atoms with Crippen LogP contribution in [0, 0.1) is 0 Å². The van der Waals surface area contributed by atoms with Gasteiger partial charge in [-0.1, -0.05) is 36.4 Å². The quantitative estimate of drug-likeness (QED) is 0.675. The van der Waals surface area contributed by atoms with Crippen molar-refractivity contribution in [2.45, 2.75) is 26.2 Å². The second kappa shape index (κ2) is 6.92. The molecule has 4 rings (SSSR count). The van der Waals surface area contributed by atoms with Crippen molar-refractivity contribution in [3.05, 3.63) is 64.0 Å². The Morgan fingerprint density at radius 1 is 1.12 bits per heavy atom.